The van der Waals surface area contributed by atoms with Crippen molar-refractivity contribution in [3.8, 4) is 17.0 Å². The van der Waals surface area contributed by atoms with Gasteiger partial charge in [-0.15, -0.1) is 13.2 Å². The standard InChI is InChI=1S/C35H31Cl2F3N2O2/c1-2-3-20-43-29-16-11-27(12-17-29)26-9-4-24(5-10-26)8-19-34-41-33(31-18-13-28(36)21-32(31)37)23-42(34)22-25-6-14-30(15-7-25)44-35(38,39)40/h4-11,13-16,18-19,21,23H,2-3,12,17,20,22H2,1H3/b19-8+. The van der Waals surface area contributed by atoms with Crippen molar-refractivity contribution in [3.05, 3.63) is 123 Å². The molecule has 228 valence electrons. The second-order valence-corrected chi connectivity index (χ2v) is 11.3. The normalized spacial score (nSPS) is 13.6. The Labute approximate surface area is 265 Å². The summed E-state index contributed by atoms with van der Waals surface area (Å²) in [4.78, 5) is 4.82. The molecule has 5 rings (SSSR count). The summed E-state index contributed by atoms with van der Waals surface area (Å²) in [5.74, 6) is 1.42. The molecule has 1 aromatic heterocycles. The summed E-state index contributed by atoms with van der Waals surface area (Å²) in [5.41, 5.74) is 5.59. The van der Waals surface area contributed by atoms with E-state index in [4.69, 9.17) is 32.9 Å². The zero-order valence-electron chi connectivity index (χ0n) is 24.1. The van der Waals surface area contributed by atoms with Gasteiger partial charge in [0.15, 0.2) is 0 Å². The Balaban J connectivity index is 1.36. The van der Waals surface area contributed by atoms with Crippen molar-refractivity contribution in [2.45, 2.75) is 45.5 Å². The summed E-state index contributed by atoms with van der Waals surface area (Å²) in [5, 5.41) is 0.983. The average Bonchev–Trinajstić information content (AvgIpc) is 3.39. The molecule has 44 heavy (non-hydrogen) atoms. The van der Waals surface area contributed by atoms with Gasteiger partial charge in [-0.25, -0.2) is 4.98 Å². The van der Waals surface area contributed by atoms with Gasteiger partial charge in [0.1, 0.15) is 11.6 Å². The van der Waals surface area contributed by atoms with E-state index in [-0.39, 0.29) is 5.75 Å². The molecule has 0 radical (unpaired) electrons. The average molecular weight is 640 g/mol. The second kappa shape index (κ2) is 14.2. The highest BCUT2D eigenvalue weighted by Crippen LogP contribution is 2.31. The molecule has 0 spiro atoms. The van der Waals surface area contributed by atoms with Crippen LogP contribution in [-0.2, 0) is 11.3 Å². The second-order valence-electron chi connectivity index (χ2n) is 10.4. The van der Waals surface area contributed by atoms with E-state index < -0.39 is 6.36 Å². The molecular weight excluding hydrogens is 608 g/mol. The Kier molecular flexibility index (Phi) is 10.2. The fourth-order valence-electron chi connectivity index (χ4n) is 4.82. The molecule has 3 aromatic carbocycles. The number of hydrogen-bond acceptors (Lipinski definition) is 3. The summed E-state index contributed by atoms with van der Waals surface area (Å²) in [6.45, 7) is 3.29. The van der Waals surface area contributed by atoms with Crippen molar-refractivity contribution in [2.75, 3.05) is 6.61 Å². The fraction of sp³-hybridized carbons (Fsp3) is 0.229. The molecule has 4 nitrogen and oxygen atoms in total. The highest BCUT2D eigenvalue weighted by molar-refractivity contribution is 6.36. The summed E-state index contributed by atoms with van der Waals surface area (Å²) >= 11 is 12.6. The van der Waals surface area contributed by atoms with E-state index in [1.165, 1.54) is 23.3 Å². The minimum Gasteiger partial charge on any atom is -0.498 e. The summed E-state index contributed by atoms with van der Waals surface area (Å²) in [6, 6.07) is 19.3. The molecule has 0 unspecified atom stereocenters. The van der Waals surface area contributed by atoms with Gasteiger partial charge in [-0.3, -0.25) is 0 Å². The van der Waals surface area contributed by atoms with Gasteiger partial charge >= 0.3 is 6.36 Å². The minimum absolute atomic E-state index is 0.273. The number of ether oxygens (including phenoxy) is 2. The first-order chi connectivity index (χ1) is 21.2. The maximum atomic E-state index is 12.6. The van der Waals surface area contributed by atoms with Gasteiger partial charge in [-0.1, -0.05) is 85.1 Å². The molecule has 1 aliphatic carbocycles. The van der Waals surface area contributed by atoms with Crippen molar-refractivity contribution in [2.24, 2.45) is 0 Å². The molecule has 0 bridgehead atoms. The van der Waals surface area contributed by atoms with Crippen molar-refractivity contribution >= 4 is 40.9 Å². The fourth-order valence-corrected chi connectivity index (χ4v) is 5.32. The Morgan fingerprint density at radius 2 is 1.70 bits per heavy atom. The van der Waals surface area contributed by atoms with Gasteiger partial charge < -0.3 is 14.0 Å². The van der Waals surface area contributed by atoms with E-state index in [9.17, 15) is 13.2 Å². The molecule has 9 heteroatoms. The lowest BCUT2D eigenvalue weighted by Crippen LogP contribution is -2.17. The molecule has 0 N–H and O–H groups in total. The predicted molar refractivity (Wildman–Crippen MR) is 171 cm³/mol. The zero-order chi connectivity index (χ0) is 31.1. The molecule has 0 fully saturated rings. The van der Waals surface area contributed by atoms with Gasteiger partial charge in [-0.2, -0.15) is 0 Å². The number of imidazole rings is 1. The topological polar surface area (TPSA) is 36.3 Å². The van der Waals surface area contributed by atoms with Gasteiger partial charge in [0.2, 0.25) is 0 Å². The van der Waals surface area contributed by atoms with Crippen molar-refractivity contribution in [3.63, 3.8) is 0 Å². The lowest BCUT2D eigenvalue weighted by Gasteiger charge is -2.16. The summed E-state index contributed by atoms with van der Waals surface area (Å²) in [6.07, 6.45) is 9.23. The number of allylic oxidation sites excluding steroid dienone is 4. The number of halogens is 5. The smallest absolute Gasteiger partial charge is 0.498 e. The van der Waals surface area contributed by atoms with E-state index in [0.717, 1.165) is 54.7 Å². The van der Waals surface area contributed by atoms with E-state index in [1.807, 2.05) is 29.0 Å². The van der Waals surface area contributed by atoms with Gasteiger partial charge in [0, 0.05) is 29.7 Å². The van der Waals surface area contributed by atoms with Crippen LogP contribution in [0.25, 0.3) is 29.0 Å². The van der Waals surface area contributed by atoms with E-state index >= 15 is 0 Å². The van der Waals surface area contributed by atoms with Crippen LogP contribution < -0.4 is 4.74 Å². The Bertz CT molecular complexity index is 1670. The first-order valence-electron chi connectivity index (χ1n) is 14.3. The van der Waals surface area contributed by atoms with Crippen LogP contribution in [0.2, 0.25) is 10.0 Å². The largest absolute Gasteiger partial charge is 0.573 e. The SMILES string of the molecule is CCCCOC1=CC=C(c2ccc(/C=C/c3nc(-c4ccc(Cl)cc4Cl)cn3Cc3ccc(OC(F)(F)F)cc3)cc2)CC1. The zero-order valence-corrected chi connectivity index (χ0v) is 25.6. The number of benzene rings is 3. The van der Waals surface area contributed by atoms with Crippen LogP contribution in [0, 0.1) is 0 Å². The Hall–Kier alpha value is -3.94. The molecule has 0 atom stereocenters. The summed E-state index contributed by atoms with van der Waals surface area (Å²) < 4.78 is 49.6. The van der Waals surface area contributed by atoms with Crippen molar-refractivity contribution in [1.29, 1.82) is 0 Å². The van der Waals surface area contributed by atoms with Crippen LogP contribution in [-0.4, -0.2) is 22.5 Å². The molecule has 0 saturated heterocycles. The number of hydrogen-bond donors (Lipinski definition) is 0. The number of alkyl halides is 3. The third kappa shape index (κ3) is 8.58. The van der Waals surface area contributed by atoms with Crippen LogP contribution in [0.15, 0.2) is 90.8 Å². The lowest BCUT2D eigenvalue weighted by molar-refractivity contribution is -0.274. The van der Waals surface area contributed by atoms with Crippen LogP contribution in [0.5, 0.6) is 5.75 Å². The van der Waals surface area contributed by atoms with Crippen LogP contribution in [0.3, 0.4) is 0 Å². The molecular formula is C35H31Cl2F3N2O2. The quantitative estimate of drug-likeness (QED) is 0.153. The predicted octanol–water partition coefficient (Wildman–Crippen LogP) is 10.9. The van der Waals surface area contributed by atoms with E-state index in [2.05, 4.69) is 48.1 Å². The first kappa shape index (κ1) is 31.5. The monoisotopic (exact) mass is 638 g/mol. The van der Waals surface area contributed by atoms with Crippen molar-refractivity contribution < 1.29 is 22.6 Å². The number of rotatable bonds is 11. The Morgan fingerprint density at radius 1 is 0.932 bits per heavy atom. The third-order valence-electron chi connectivity index (χ3n) is 7.13. The molecule has 0 saturated carbocycles. The third-order valence-corrected chi connectivity index (χ3v) is 7.67. The number of unbranched alkanes of at least 4 members (excludes halogenated alkanes) is 1. The van der Waals surface area contributed by atoms with Crippen LogP contribution in [0.1, 0.15) is 55.1 Å². The molecule has 0 amide bonds. The van der Waals surface area contributed by atoms with Crippen LogP contribution in [0.4, 0.5) is 13.2 Å². The number of aromatic nitrogens is 2. The van der Waals surface area contributed by atoms with E-state index in [1.54, 1.807) is 24.3 Å². The molecule has 1 aliphatic rings. The van der Waals surface area contributed by atoms with Gasteiger partial charge in [0.25, 0.3) is 0 Å². The van der Waals surface area contributed by atoms with Gasteiger partial charge in [0.05, 0.1) is 23.1 Å². The maximum Gasteiger partial charge on any atom is 0.573 e. The molecule has 4 aromatic rings. The van der Waals surface area contributed by atoms with E-state index in [0.29, 0.717) is 28.1 Å². The lowest BCUT2D eigenvalue weighted by atomic mass is 9.96. The summed E-state index contributed by atoms with van der Waals surface area (Å²) in [7, 11) is 0. The number of nitrogens with zero attached hydrogens (tertiary/aromatic N) is 2. The van der Waals surface area contributed by atoms with Gasteiger partial charge in [-0.05, 0) is 77.6 Å². The molecule has 0 aliphatic heterocycles. The highest BCUT2D eigenvalue weighted by atomic mass is 35.5. The Morgan fingerprint density at radius 3 is 2.36 bits per heavy atom. The molecule has 1 heterocycles. The highest BCUT2D eigenvalue weighted by Gasteiger charge is 2.31. The van der Waals surface area contributed by atoms with Crippen molar-refractivity contribution in [1.82, 2.24) is 9.55 Å². The minimum atomic E-state index is -4.74. The van der Waals surface area contributed by atoms with Crippen LogP contribution >= 0.6 is 23.2 Å². The first-order valence-corrected chi connectivity index (χ1v) is 15.1. The maximum absolute atomic E-state index is 12.6.